The van der Waals surface area contributed by atoms with Crippen LogP contribution in [0.5, 0.6) is 0 Å². The lowest BCUT2D eigenvalue weighted by Crippen LogP contribution is -1.95. The first-order chi connectivity index (χ1) is 9.17. The summed E-state index contributed by atoms with van der Waals surface area (Å²) in [6, 6.07) is 1.91. The first kappa shape index (κ1) is 14.0. The number of thioether (sulfide) groups is 1. The van der Waals surface area contributed by atoms with Crippen molar-refractivity contribution in [3.05, 3.63) is 46.5 Å². The molecular formula is C14H14ClN3S. The van der Waals surface area contributed by atoms with E-state index in [4.69, 9.17) is 11.6 Å². The zero-order valence-electron chi connectivity index (χ0n) is 11.0. The molecule has 2 heterocycles. The Bertz CT molecular complexity index is 665. The van der Waals surface area contributed by atoms with E-state index < -0.39 is 0 Å². The molecule has 98 valence electrons. The van der Waals surface area contributed by atoms with E-state index in [1.165, 1.54) is 0 Å². The van der Waals surface area contributed by atoms with Crippen LogP contribution in [-0.2, 0) is 0 Å². The zero-order valence-corrected chi connectivity index (χ0v) is 12.6. The fraction of sp³-hybridized carbons (Fsp3) is 0.214. The maximum Gasteiger partial charge on any atom is 0.223 e. The molecule has 0 bridgehead atoms. The summed E-state index contributed by atoms with van der Waals surface area (Å²) < 4.78 is 0. The Kier molecular flexibility index (Phi) is 4.56. The predicted octanol–water partition coefficient (Wildman–Crippen LogP) is 4.35. The third-order valence-electron chi connectivity index (χ3n) is 2.73. The molecule has 2 rings (SSSR count). The molecule has 0 amide bonds. The molecule has 0 aliphatic carbocycles. The van der Waals surface area contributed by atoms with Crippen molar-refractivity contribution in [2.45, 2.75) is 13.8 Å². The maximum atomic E-state index is 6.00. The van der Waals surface area contributed by atoms with Gasteiger partial charge in [-0.3, -0.25) is 4.98 Å². The summed E-state index contributed by atoms with van der Waals surface area (Å²) in [7, 11) is 0. The van der Waals surface area contributed by atoms with E-state index in [2.05, 4.69) is 21.0 Å². The van der Waals surface area contributed by atoms with Crippen LogP contribution in [0.3, 0.4) is 0 Å². The van der Waals surface area contributed by atoms with Crippen LogP contribution < -0.4 is 0 Å². The number of aromatic nitrogens is 3. The SMILES string of the molecule is C/C=C\C(SC)=C(/C)c1nc(Cl)nc2cnccc12. The Morgan fingerprint density at radius 1 is 1.37 bits per heavy atom. The summed E-state index contributed by atoms with van der Waals surface area (Å²) in [5.41, 5.74) is 2.71. The van der Waals surface area contributed by atoms with Gasteiger partial charge in [0.05, 0.1) is 17.4 Å². The molecule has 0 aliphatic rings. The minimum atomic E-state index is 0.246. The van der Waals surface area contributed by atoms with Gasteiger partial charge in [0.25, 0.3) is 0 Å². The number of hydrogen-bond acceptors (Lipinski definition) is 4. The average molecular weight is 292 g/mol. The van der Waals surface area contributed by atoms with Gasteiger partial charge in [-0.2, -0.15) is 0 Å². The van der Waals surface area contributed by atoms with E-state index in [-0.39, 0.29) is 5.28 Å². The lowest BCUT2D eigenvalue weighted by Gasteiger charge is -2.09. The van der Waals surface area contributed by atoms with Crippen molar-refractivity contribution in [1.29, 1.82) is 0 Å². The molecule has 0 aromatic carbocycles. The Morgan fingerprint density at radius 3 is 2.84 bits per heavy atom. The number of hydrogen-bond donors (Lipinski definition) is 0. The van der Waals surface area contributed by atoms with E-state index in [1.807, 2.05) is 32.2 Å². The Balaban J connectivity index is 2.74. The standard InChI is InChI=1S/C14H14ClN3S/c1-4-5-12(19-3)9(2)13-10-6-7-16-8-11(10)17-14(15)18-13/h4-8H,1-3H3/b5-4-,12-9-. The van der Waals surface area contributed by atoms with Crippen LogP contribution >= 0.6 is 23.4 Å². The van der Waals surface area contributed by atoms with E-state index in [0.29, 0.717) is 0 Å². The van der Waals surface area contributed by atoms with Crippen molar-refractivity contribution in [2.24, 2.45) is 0 Å². The lowest BCUT2D eigenvalue weighted by molar-refractivity contribution is 1.18. The molecule has 2 aromatic heterocycles. The topological polar surface area (TPSA) is 38.7 Å². The first-order valence-corrected chi connectivity index (χ1v) is 7.42. The van der Waals surface area contributed by atoms with Crippen LogP contribution in [0.2, 0.25) is 5.28 Å². The summed E-state index contributed by atoms with van der Waals surface area (Å²) in [6.07, 6.45) is 9.58. The summed E-state index contributed by atoms with van der Waals surface area (Å²) in [6.45, 7) is 4.04. The van der Waals surface area contributed by atoms with Gasteiger partial charge in [-0.15, -0.1) is 11.8 Å². The molecule has 0 atom stereocenters. The average Bonchev–Trinajstić information content (AvgIpc) is 2.43. The van der Waals surface area contributed by atoms with Crippen LogP contribution in [-0.4, -0.2) is 21.2 Å². The van der Waals surface area contributed by atoms with Gasteiger partial charge in [0.1, 0.15) is 0 Å². The van der Waals surface area contributed by atoms with E-state index in [0.717, 1.165) is 27.1 Å². The highest BCUT2D eigenvalue weighted by Crippen LogP contribution is 2.29. The maximum absolute atomic E-state index is 6.00. The van der Waals surface area contributed by atoms with Crippen LogP contribution in [0.15, 0.2) is 35.5 Å². The fourth-order valence-corrected chi connectivity index (χ4v) is 2.70. The number of fused-ring (bicyclic) bond motifs is 1. The van der Waals surface area contributed by atoms with Gasteiger partial charge < -0.3 is 0 Å². The number of nitrogens with zero attached hydrogens (tertiary/aromatic N) is 3. The van der Waals surface area contributed by atoms with Crippen molar-refractivity contribution in [3.8, 4) is 0 Å². The second-order valence-corrected chi connectivity index (χ2v) is 5.11. The number of pyridine rings is 1. The van der Waals surface area contributed by atoms with Crippen molar-refractivity contribution < 1.29 is 0 Å². The first-order valence-electron chi connectivity index (χ1n) is 5.82. The normalized spacial score (nSPS) is 13.1. The van der Waals surface area contributed by atoms with Gasteiger partial charge >= 0.3 is 0 Å². The van der Waals surface area contributed by atoms with Crippen LogP contribution in [0, 0.1) is 0 Å². The molecule has 0 aliphatic heterocycles. The van der Waals surface area contributed by atoms with E-state index >= 15 is 0 Å². The van der Waals surface area contributed by atoms with Gasteiger partial charge in [0, 0.05) is 16.5 Å². The largest absolute Gasteiger partial charge is 0.262 e. The molecule has 2 aromatic rings. The summed E-state index contributed by atoms with van der Waals surface area (Å²) in [4.78, 5) is 13.8. The molecule has 5 heteroatoms. The second kappa shape index (κ2) is 6.17. The Labute approximate surface area is 121 Å². The van der Waals surface area contributed by atoms with Crippen molar-refractivity contribution in [3.63, 3.8) is 0 Å². The van der Waals surface area contributed by atoms with Gasteiger partial charge in [-0.05, 0) is 43.3 Å². The third-order valence-corrected chi connectivity index (χ3v) is 3.79. The highest BCUT2D eigenvalue weighted by Gasteiger charge is 2.10. The molecular weight excluding hydrogens is 278 g/mol. The number of allylic oxidation sites excluding steroid dienone is 3. The van der Waals surface area contributed by atoms with Gasteiger partial charge in [-0.25, -0.2) is 9.97 Å². The summed E-state index contributed by atoms with van der Waals surface area (Å²) in [5.74, 6) is 0. The third kappa shape index (κ3) is 2.96. The van der Waals surface area contributed by atoms with Gasteiger partial charge in [-0.1, -0.05) is 12.2 Å². The molecule has 0 unspecified atom stereocenters. The Hall–Kier alpha value is -1.39. The van der Waals surface area contributed by atoms with E-state index in [9.17, 15) is 0 Å². The molecule has 3 nitrogen and oxygen atoms in total. The minimum absolute atomic E-state index is 0.246. The molecule has 0 N–H and O–H groups in total. The molecule has 0 saturated heterocycles. The van der Waals surface area contributed by atoms with Crippen LogP contribution in [0.25, 0.3) is 16.5 Å². The Morgan fingerprint density at radius 2 is 2.16 bits per heavy atom. The van der Waals surface area contributed by atoms with Crippen molar-refractivity contribution >= 4 is 39.8 Å². The zero-order chi connectivity index (χ0) is 13.8. The highest BCUT2D eigenvalue weighted by molar-refractivity contribution is 8.02. The number of rotatable bonds is 3. The molecule has 0 fully saturated rings. The van der Waals surface area contributed by atoms with Crippen molar-refractivity contribution in [2.75, 3.05) is 6.26 Å². The lowest BCUT2D eigenvalue weighted by atomic mass is 10.1. The van der Waals surface area contributed by atoms with Gasteiger partial charge in [0.2, 0.25) is 5.28 Å². The molecule has 0 radical (unpaired) electrons. The molecule has 0 spiro atoms. The second-order valence-electron chi connectivity index (χ2n) is 3.93. The smallest absolute Gasteiger partial charge is 0.223 e. The highest BCUT2D eigenvalue weighted by atomic mass is 35.5. The predicted molar refractivity (Wildman–Crippen MR) is 83.3 cm³/mol. The van der Waals surface area contributed by atoms with Gasteiger partial charge in [0.15, 0.2) is 0 Å². The quantitative estimate of drug-likeness (QED) is 0.622. The monoisotopic (exact) mass is 291 g/mol. The summed E-state index contributed by atoms with van der Waals surface area (Å²) in [5, 5.41) is 1.21. The van der Waals surface area contributed by atoms with Crippen molar-refractivity contribution in [1.82, 2.24) is 15.0 Å². The fourth-order valence-electron chi connectivity index (χ4n) is 1.85. The van der Waals surface area contributed by atoms with E-state index in [1.54, 1.807) is 24.2 Å². The number of halogens is 1. The molecule has 0 saturated carbocycles. The molecule has 19 heavy (non-hydrogen) atoms. The van der Waals surface area contributed by atoms with Crippen LogP contribution in [0.1, 0.15) is 19.5 Å². The minimum Gasteiger partial charge on any atom is -0.262 e. The van der Waals surface area contributed by atoms with Crippen LogP contribution in [0.4, 0.5) is 0 Å². The summed E-state index contributed by atoms with van der Waals surface area (Å²) >= 11 is 7.68.